The Balaban J connectivity index is 0. The second-order valence-corrected chi connectivity index (χ2v) is 0. The van der Waals surface area contributed by atoms with Crippen molar-refractivity contribution in [2.24, 2.45) is 11.7 Å². The molecule has 1 atom stereocenters. The maximum Gasteiger partial charge on any atom is 0.310 e. The van der Waals surface area contributed by atoms with Gasteiger partial charge in [0.15, 0.2) is 0 Å². The minimum Gasteiger partial charge on any atom is -0.274 e. The lowest BCUT2D eigenvalue weighted by molar-refractivity contribution is 0.607. The smallest absolute Gasteiger partial charge is 0.274 e. The monoisotopic (exact) mass is 81.0 g/mol. The van der Waals surface area contributed by atoms with Gasteiger partial charge >= 0.3 is 9.12 Å². The standard InChI is InChI=1S/H4N2.H2OP/c2*1-2/h1-2H2;2H2/q;+1. The predicted molar refractivity (Wildman–Crippen MR) is 18.8 cm³/mol. The molecule has 0 spiro atoms. The van der Waals surface area contributed by atoms with Crippen molar-refractivity contribution in [2.75, 3.05) is 0 Å². The average molecular weight is 81.0 g/mol. The molecule has 4 heavy (non-hydrogen) atoms. The highest BCUT2D eigenvalue weighted by molar-refractivity contribution is 7.00. The van der Waals surface area contributed by atoms with Gasteiger partial charge in [-0.05, 0) is 0 Å². The molecule has 0 aliphatic rings. The van der Waals surface area contributed by atoms with Crippen molar-refractivity contribution in [3.05, 3.63) is 0 Å². The zero-order valence-corrected chi connectivity index (χ0v) is 3.29. The molecule has 4 heteroatoms. The molecule has 0 rings (SSSR count). The van der Waals surface area contributed by atoms with Crippen molar-refractivity contribution in [1.82, 2.24) is 0 Å². The van der Waals surface area contributed by atoms with Crippen molar-refractivity contribution in [1.29, 1.82) is 0 Å². The van der Waals surface area contributed by atoms with Gasteiger partial charge in [0.1, 0.15) is 0 Å². The summed E-state index contributed by atoms with van der Waals surface area (Å²) in [6, 6.07) is 0. The van der Waals surface area contributed by atoms with Crippen molar-refractivity contribution in [3.8, 4) is 0 Å². The number of nitrogens with two attached hydrogens (primary N) is 2. The molecule has 0 heterocycles. The van der Waals surface area contributed by atoms with E-state index >= 15 is 0 Å². The Morgan fingerprint density at radius 1 is 1.25 bits per heavy atom. The van der Waals surface area contributed by atoms with E-state index in [4.69, 9.17) is 4.57 Å². The molecule has 0 saturated heterocycles. The number of hydrogen-bond donors (Lipinski definition) is 2. The summed E-state index contributed by atoms with van der Waals surface area (Å²) < 4.78 is 8.17. The van der Waals surface area contributed by atoms with Crippen molar-refractivity contribution in [2.45, 2.75) is 0 Å². The van der Waals surface area contributed by atoms with Crippen LogP contribution in [0.1, 0.15) is 0 Å². The van der Waals surface area contributed by atoms with Gasteiger partial charge < -0.3 is 0 Å². The molecular formula is H6N2OP+. The van der Waals surface area contributed by atoms with Crippen molar-refractivity contribution >= 4 is 9.12 Å². The first kappa shape index (κ1) is 8.99. The van der Waals surface area contributed by atoms with Gasteiger partial charge in [-0.2, -0.15) is 0 Å². The minimum atomic E-state index is 1.17. The van der Waals surface area contributed by atoms with Crippen molar-refractivity contribution in [3.63, 3.8) is 0 Å². The average Bonchev–Trinajstić information content (AvgIpc) is 1.50. The summed E-state index contributed by atoms with van der Waals surface area (Å²) in [4.78, 5) is 0. The van der Waals surface area contributed by atoms with Crippen LogP contribution in [0, 0.1) is 0 Å². The molecule has 0 aromatic carbocycles. The molecule has 0 radical (unpaired) electrons. The molecule has 0 bridgehead atoms. The number of hydrazine groups is 1. The normalized spacial score (nSPS) is 2.50. The largest absolute Gasteiger partial charge is 0.310 e. The van der Waals surface area contributed by atoms with E-state index in [1.165, 1.54) is 9.12 Å². The van der Waals surface area contributed by atoms with Gasteiger partial charge in [0, 0.05) is 0 Å². The molecular weight excluding hydrogens is 75.0 g/mol. The van der Waals surface area contributed by atoms with Gasteiger partial charge in [0.25, 0.3) is 0 Å². The van der Waals surface area contributed by atoms with E-state index in [9.17, 15) is 0 Å². The molecule has 0 fully saturated rings. The lowest BCUT2D eigenvalue weighted by Gasteiger charge is -1.27. The maximum absolute atomic E-state index is 8.17. The van der Waals surface area contributed by atoms with Crippen LogP contribution in [0.25, 0.3) is 0 Å². The van der Waals surface area contributed by atoms with Crippen LogP contribution in [-0.4, -0.2) is 0 Å². The molecule has 0 aliphatic heterocycles. The Kier molecular flexibility index (Phi) is 69200. The molecule has 0 amide bonds. The summed E-state index contributed by atoms with van der Waals surface area (Å²) in [6.07, 6.45) is 0. The summed E-state index contributed by atoms with van der Waals surface area (Å²) in [5.41, 5.74) is 0. The van der Waals surface area contributed by atoms with Crippen LogP contribution in [0.15, 0.2) is 0 Å². The van der Waals surface area contributed by atoms with Gasteiger partial charge in [0.2, 0.25) is 0 Å². The predicted octanol–water partition coefficient (Wildman–Crippen LogP) is -0.974. The van der Waals surface area contributed by atoms with Gasteiger partial charge in [0.05, 0.1) is 0 Å². The van der Waals surface area contributed by atoms with E-state index in [0.717, 1.165) is 0 Å². The first-order valence-electron chi connectivity index (χ1n) is 0.569. The van der Waals surface area contributed by atoms with Crippen LogP contribution in [0.2, 0.25) is 0 Å². The summed E-state index contributed by atoms with van der Waals surface area (Å²) >= 11 is 0. The van der Waals surface area contributed by atoms with E-state index in [2.05, 4.69) is 11.7 Å². The maximum atomic E-state index is 8.17. The molecule has 0 aliphatic carbocycles. The third-order valence-electron chi connectivity index (χ3n) is 0. The minimum absolute atomic E-state index is 1.17. The Hall–Kier alpha value is 0.0200. The zero-order chi connectivity index (χ0) is 4.00. The summed E-state index contributed by atoms with van der Waals surface area (Å²) in [6.45, 7) is 0. The second kappa shape index (κ2) is 30800. The van der Waals surface area contributed by atoms with E-state index in [0.29, 0.717) is 0 Å². The second-order valence-electron chi connectivity index (χ2n) is 0. The fourth-order valence-corrected chi connectivity index (χ4v) is 0. The first-order chi connectivity index (χ1) is 2.00. The Morgan fingerprint density at radius 3 is 1.25 bits per heavy atom. The van der Waals surface area contributed by atoms with E-state index in [1.54, 1.807) is 0 Å². The van der Waals surface area contributed by atoms with Crippen LogP contribution in [0.5, 0.6) is 0 Å². The topological polar surface area (TPSA) is 69.1 Å². The Bertz CT molecular complexity index is 6.00. The third kappa shape index (κ3) is 5250. The quantitative estimate of drug-likeness (QED) is 0.224. The van der Waals surface area contributed by atoms with E-state index in [1.807, 2.05) is 0 Å². The highest BCUT2D eigenvalue weighted by atomic mass is 31.0. The summed E-state index contributed by atoms with van der Waals surface area (Å²) in [5.74, 6) is 8.00. The van der Waals surface area contributed by atoms with Crippen molar-refractivity contribution < 1.29 is 4.57 Å². The highest BCUT2D eigenvalue weighted by Gasteiger charge is 0.849. The molecule has 3 nitrogen and oxygen atoms in total. The SMILES string of the molecule is NN.O=[PH2+]. The van der Waals surface area contributed by atoms with Gasteiger partial charge in [-0.3, -0.25) is 11.7 Å². The third-order valence-corrected chi connectivity index (χ3v) is 0. The van der Waals surface area contributed by atoms with E-state index < -0.39 is 0 Å². The van der Waals surface area contributed by atoms with Crippen LogP contribution in [0.3, 0.4) is 0 Å². The van der Waals surface area contributed by atoms with Crippen LogP contribution < -0.4 is 11.7 Å². The lowest BCUT2D eigenvalue weighted by atomic mass is 13.0. The van der Waals surface area contributed by atoms with Crippen LogP contribution in [-0.2, 0) is 4.57 Å². The molecule has 1 unspecified atom stereocenters. The lowest BCUT2D eigenvalue weighted by Crippen LogP contribution is -2.02. The fourth-order valence-electron chi connectivity index (χ4n) is 0. The van der Waals surface area contributed by atoms with Crippen LogP contribution >= 0.6 is 9.12 Å². The Labute approximate surface area is 26.6 Å². The molecule has 0 aromatic rings. The molecule has 0 aromatic heterocycles. The van der Waals surface area contributed by atoms with Crippen LogP contribution in [0.4, 0.5) is 0 Å². The Morgan fingerprint density at radius 2 is 1.25 bits per heavy atom. The first-order valence-corrected chi connectivity index (χ1v) is 1.04. The number of hydrogen-bond acceptors (Lipinski definition) is 3. The van der Waals surface area contributed by atoms with Gasteiger partial charge in [-0.25, -0.2) is 0 Å². The molecule has 4 N–H and O–H groups in total. The van der Waals surface area contributed by atoms with Gasteiger partial charge in [-0.1, -0.05) is 4.57 Å². The highest BCUT2D eigenvalue weighted by Crippen LogP contribution is 1.23. The van der Waals surface area contributed by atoms with E-state index in [-0.39, 0.29) is 0 Å². The zero-order valence-electron chi connectivity index (χ0n) is 2.14. The summed E-state index contributed by atoms with van der Waals surface area (Å²) in [7, 11) is 1.17. The number of rotatable bonds is 0. The molecule has 26 valence electrons. The fraction of sp³-hybridized carbons (Fsp3) is 0. The molecule has 0 saturated carbocycles. The van der Waals surface area contributed by atoms with Gasteiger partial charge in [-0.15, -0.1) is 0 Å². The summed E-state index contributed by atoms with van der Waals surface area (Å²) in [5, 5.41) is 0.